The molecule has 2 N–H and O–H groups in total. The number of hydrogen-bond acceptors (Lipinski definition) is 5. The van der Waals surface area contributed by atoms with Crippen LogP contribution in [0.15, 0.2) is 27.4 Å². The van der Waals surface area contributed by atoms with Gasteiger partial charge in [0, 0.05) is 23.4 Å². The normalized spacial score (nSPS) is 12.6. The molecule has 1 aromatic carbocycles. The molecule has 0 aliphatic carbocycles. The van der Waals surface area contributed by atoms with E-state index in [1.54, 1.807) is 19.1 Å². The van der Waals surface area contributed by atoms with Crippen LogP contribution in [-0.2, 0) is 6.42 Å². The van der Waals surface area contributed by atoms with Gasteiger partial charge in [0.25, 0.3) is 0 Å². The smallest absolute Gasteiger partial charge is 0.339 e. The number of aromatic hydroxyl groups is 1. The number of ether oxygens (including phenoxy) is 1. The Morgan fingerprint density at radius 3 is 2.72 bits per heavy atom. The SMILES string of the molecule is COc1cc(O)c2oc(=O)c(CC(C)O)cc2c1. The first-order chi connectivity index (χ1) is 8.51. The zero-order valence-electron chi connectivity index (χ0n) is 10.1. The third-order valence-electron chi connectivity index (χ3n) is 2.61. The number of methoxy groups -OCH3 is 1. The molecule has 2 aromatic rings. The number of aliphatic hydroxyl groups is 1. The fraction of sp³-hybridized carbons (Fsp3) is 0.308. The second kappa shape index (κ2) is 4.70. The molecule has 1 atom stereocenters. The fourth-order valence-corrected chi connectivity index (χ4v) is 1.81. The number of hydrogen-bond donors (Lipinski definition) is 2. The highest BCUT2D eigenvalue weighted by Crippen LogP contribution is 2.29. The molecular formula is C13H14O5. The van der Waals surface area contributed by atoms with Crippen LogP contribution < -0.4 is 10.4 Å². The Bertz CT molecular complexity index is 627. The molecule has 0 spiro atoms. The Labute approximate surface area is 103 Å². The molecule has 0 amide bonds. The summed E-state index contributed by atoms with van der Waals surface area (Å²) in [6.45, 7) is 1.59. The first-order valence-electron chi connectivity index (χ1n) is 5.53. The molecule has 5 nitrogen and oxygen atoms in total. The van der Waals surface area contributed by atoms with Gasteiger partial charge in [0.2, 0.25) is 0 Å². The monoisotopic (exact) mass is 250 g/mol. The Balaban J connectivity index is 2.65. The average molecular weight is 250 g/mol. The molecule has 0 fully saturated rings. The van der Waals surface area contributed by atoms with Crippen molar-refractivity contribution in [1.29, 1.82) is 0 Å². The third-order valence-corrected chi connectivity index (χ3v) is 2.61. The summed E-state index contributed by atoms with van der Waals surface area (Å²) in [6.07, 6.45) is -0.430. The number of aliphatic hydroxyl groups excluding tert-OH is 1. The Morgan fingerprint density at radius 1 is 1.39 bits per heavy atom. The van der Waals surface area contributed by atoms with Crippen molar-refractivity contribution >= 4 is 11.0 Å². The van der Waals surface area contributed by atoms with E-state index < -0.39 is 11.7 Å². The number of phenols is 1. The van der Waals surface area contributed by atoms with E-state index in [9.17, 15) is 15.0 Å². The average Bonchev–Trinajstić information content (AvgIpc) is 2.30. The Hall–Kier alpha value is -2.01. The molecule has 0 aliphatic rings. The molecule has 2 rings (SSSR count). The van der Waals surface area contributed by atoms with E-state index in [1.165, 1.54) is 13.2 Å². The van der Waals surface area contributed by atoms with Crippen LogP contribution >= 0.6 is 0 Å². The molecule has 0 saturated carbocycles. The lowest BCUT2D eigenvalue weighted by Gasteiger charge is -2.07. The summed E-state index contributed by atoms with van der Waals surface area (Å²) >= 11 is 0. The zero-order valence-corrected chi connectivity index (χ0v) is 10.1. The molecule has 1 unspecified atom stereocenters. The van der Waals surface area contributed by atoms with Gasteiger partial charge in [0.15, 0.2) is 11.3 Å². The number of benzene rings is 1. The van der Waals surface area contributed by atoms with Crippen LogP contribution in [0.1, 0.15) is 12.5 Å². The topological polar surface area (TPSA) is 79.9 Å². The maximum Gasteiger partial charge on any atom is 0.339 e. The van der Waals surface area contributed by atoms with Crippen LogP contribution in [0.4, 0.5) is 0 Å². The Morgan fingerprint density at radius 2 is 2.11 bits per heavy atom. The third kappa shape index (κ3) is 2.31. The minimum absolute atomic E-state index is 0.121. The van der Waals surface area contributed by atoms with Gasteiger partial charge < -0.3 is 19.4 Å². The highest BCUT2D eigenvalue weighted by atomic mass is 16.5. The molecule has 1 heterocycles. The predicted molar refractivity (Wildman–Crippen MR) is 66.1 cm³/mol. The zero-order chi connectivity index (χ0) is 13.3. The van der Waals surface area contributed by atoms with Crippen molar-refractivity contribution in [1.82, 2.24) is 0 Å². The first-order valence-corrected chi connectivity index (χ1v) is 5.53. The summed E-state index contributed by atoms with van der Waals surface area (Å²) in [5.41, 5.74) is -0.0656. The van der Waals surface area contributed by atoms with E-state index in [2.05, 4.69) is 0 Å². The van der Waals surface area contributed by atoms with Gasteiger partial charge in [-0.2, -0.15) is 0 Å². The number of rotatable bonds is 3. The van der Waals surface area contributed by atoms with Crippen LogP contribution in [0.25, 0.3) is 11.0 Å². The van der Waals surface area contributed by atoms with Crippen molar-refractivity contribution in [3.8, 4) is 11.5 Å². The fourth-order valence-electron chi connectivity index (χ4n) is 1.81. The summed E-state index contributed by atoms with van der Waals surface area (Å²) in [5, 5.41) is 19.6. The van der Waals surface area contributed by atoms with Crippen molar-refractivity contribution in [3.63, 3.8) is 0 Å². The van der Waals surface area contributed by atoms with E-state index in [1.807, 2.05) is 0 Å². The molecule has 96 valence electrons. The lowest BCUT2D eigenvalue weighted by molar-refractivity contribution is 0.194. The van der Waals surface area contributed by atoms with Crippen molar-refractivity contribution < 1.29 is 19.4 Å². The molecule has 0 radical (unpaired) electrons. The quantitative estimate of drug-likeness (QED) is 0.805. The van der Waals surface area contributed by atoms with Gasteiger partial charge in [-0.3, -0.25) is 0 Å². The van der Waals surface area contributed by atoms with E-state index in [4.69, 9.17) is 9.15 Å². The van der Waals surface area contributed by atoms with Crippen molar-refractivity contribution in [2.75, 3.05) is 7.11 Å². The van der Waals surface area contributed by atoms with Gasteiger partial charge in [-0.05, 0) is 19.1 Å². The van der Waals surface area contributed by atoms with Gasteiger partial charge in [-0.1, -0.05) is 0 Å². The summed E-state index contributed by atoms with van der Waals surface area (Å²) in [4.78, 5) is 11.7. The van der Waals surface area contributed by atoms with E-state index >= 15 is 0 Å². The second-order valence-electron chi connectivity index (χ2n) is 4.18. The van der Waals surface area contributed by atoms with Crippen molar-refractivity contribution in [3.05, 3.63) is 34.2 Å². The predicted octanol–water partition coefficient (Wildman–Crippen LogP) is 1.43. The minimum Gasteiger partial charge on any atom is -0.504 e. The van der Waals surface area contributed by atoms with Gasteiger partial charge in [-0.15, -0.1) is 0 Å². The molecular weight excluding hydrogens is 236 g/mol. The highest BCUT2D eigenvalue weighted by Gasteiger charge is 2.12. The summed E-state index contributed by atoms with van der Waals surface area (Å²) in [5.74, 6) is 0.321. The molecule has 5 heteroatoms. The van der Waals surface area contributed by atoms with Crippen molar-refractivity contribution in [2.24, 2.45) is 0 Å². The molecule has 0 saturated heterocycles. The number of fused-ring (bicyclic) bond motifs is 1. The molecule has 0 aliphatic heterocycles. The van der Waals surface area contributed by atoms with E-state index in [-0.39, 0.29) is 17.8 Å². The lowest BCUT2D eigenvalue weighted by atomic mass is 10.1. The molecule has 1 aromatic heterocycles. The molecule has 0 bridgehead atoms. The summed E-state index contributed by atoms with van der Waals surface area (Å²) in [6, 6.07) is 4.62. The first kappa shape index (κ1) is 12.4. The minimum atomic E-state index is -0.635. The van der Waals surface area contributed by atoms with Crippen LogP contribution in [0, 0.1) is 0 Å². The maximum absolute atomic E-state index is 11.7. The van der Waals surface area contributed by atoms with Crippen LogP contribution in [0.5, 0.6) is 11.5 Å². The van der Waals surface area contributed by atoms with Gasteiger partial charge in [0.05, 0.1) is 13.2 Å². The second-order valence-corrected chi connectivity index (χ2v) is 4.18. The molecule has 18 heavy (non-hydrogen) atoms. The Kier molecular flexibility index (Phi) is 3.25. The maximum atomic E-state index is 11.7. The van der Waals surface area contributed by atoms with Gasteiger partial charge in [-0.25, -0.2) is 4.79 Å². The summed E-state index contributed by atoms with van der Waals surface area (Å²) < 4.78 is 10.1. The summed E-state index contributed by atoms with van der Waals surface area (Å²) in [7, 11) is 1.48. The largest absolute Gasteiger partial charge is 0.504 e. The van der Waals surface area contributed by atoms with Crippen molar-refractivity contribution in [2.45, 2.75) is 19.4 Å². The van der Waals surface area contributed by atoms with Crippen LogP contribution in [-0.4, -0.2) is 23.4 Å². The van der Waals surface area contributed by atoms with E-state index in [0.29, 0.717) is 16.7 Å². The van der Waals surface area contributed by atoms with Crippen LogP contribution in [0.3, 0.4) is 0 Å². The lowest BCUT2D eigenvalue weighted by Crippen LogP contribution is -2.14. The van der Waals surface area contributed by atoms with Gasteiger partial charge in [0.1, 0.15) is 5.75 Å². The van der Waals surface area contributed by atoms with Gasteiger partial charge >= 0.3 is 5.63 Å². The van der Waals surface area contributed by atoms with Crippen LogP contribution in [0.2, 0.25) is 0 Å². The standard InChI is InChI=1S/C13H14O5/c1-7(14)3-9-4-8-5-10(17-2)6-11(15)12(8)18-13(9)16/h4-7,14-15H,3H2,1-2H3. The highest BCUT2D eigenvalue weighted by molar-refractivity contribution is 5.84. The number of phenolic OH excluding ortho intramolecular Hbond substituents is 1. The van der Waals surface area contributed by atoms with E-state index in [0.717, 1.165) is 0 Å².